The van der Waals surface area contributed by atoms with Gasteiger partial charge in [-0.05, 0) is 44.5 Å². The molecular weight excluding hydrogens is 512 g/mol. The number of rotatable bonds is 9. The zero-order valence-corrected chi connectivity index (χ0v) is 22.1. The fraction of sp³-hybridized carbons (Fsp3) is 0.357. The van der Waals surface area contributed by atoms with Crippen LogP contribution in [0.25, 0.3) is 0 Å². The Morgan fingerprint density at radius 1 is 1.03 bits per heavy atom. The molecule has 0 bridgehead atoms. The van der Waals surface area contributed by atoms with Gasteiger partial charge in [-0.1, -0.05) is 35.4 Å². The number of carbonyl (C=O) groups excluding carboxylic acids is 2. The average molecular weight is 541 g/mol. The van der Waals surface area contributed by atoms with Crippen molar-refractivity contribution < 1.29 is 28.5 Å². The van der Waals surface area contributed by atoms with E-state index in [9.17, 15) is 14.4 Å². The molecule has 0 unspecified atom stereocenters. The maximum Gasteiger partial charge on any atom is 0.352 e. The predicted octanol–water partition coefficient (Wildman–Crippen LogP) is 4.02. The molecule has 1 aliphatic heterocycles. The molecule has 0 N–H and O–H groups in total. The van der Waals surface area contributed by atoms with Crippen LogP contribution in [-0.4, -0.2) is 53.3 Å². The summed E-state index contributed by atoms with van der Waals surface area (Å²) in [6.45, 7) is 3.66. The van der Waals surface area contributed by atoms with Crippen LogP contribution in [0.3, 0.4) is 0 Å². The van der Waals surface area contributed by atoms with Crippen LogP contribution >= 0.6 is 11.6 Å². The number of carbonyl (C=O) groups is 2. The molecule has 0 amide bonds. The molecule has 0 spiro atoms. The number of benzene rings is 2. The van der Waals surface area contributed by atoms with E-state index in [-0.39, 0.29) is 18.9 Å². The van der Waals surface area contributed by atoms with Gasteiger partial charge in [-0.25, -0.2) is 14.4 Å². The van der Waals surface area contributed by atoms with Crippen molar-refractivity contribution in [1.82, 2.24) is 9.55 Å². The van der Waals surface area contributed by atoms with Gasteiger partial charge < -0.3 is 18.9 Å². The van der Waals surface area contributed by atoms with Crippen LogP contribution in [-0.2, 0) is 20.6 Å². The van der Waals surface area contributed by atoms with E-state index >= 15 is 0 Å². The van der Waals surface area contributed by atoms with E-state index in [0.717, 1.165) is 11.1 Å². The van der Waals surface area contributed by atoms with E-state index in [4.69, 9.17) is 30.5 Å². The highest BCUT2D eigenvalue weighted by atomic mass is 35.5. The van der Waals surface area contributed by atoms with Gasteiger partial charge in [0.15, 0.2) is 0 Å². The molecule has 1 fully saturated rings. The Bertz CT molecular complexity index is 1340. The SMILES string of the molecule is COc1nc(=O)n([C@@H]2C[C@H](OC(=O)c3ccc(C)cc3)[C@@H](COC(=O)c3ccc(C)cc3)O2)cc1CCCl. The zero-order chi connectivity index (χ0) is 27.2. The molecular formula is C28H29ClN2O7. The monoisotopic (exact) mass is 540 g/mol. The van der Waals surface area contributed by atoms with Crippen LogP contribution < -0.4 is 10.4 Å². The van der Waals surface area contributed by atoms with Crippen LogP contribution in [0.15, 0.2) is 59.5 Å². The van der Waals surface area contributed by atoms with Gasteiger partial charge >= 0.3 is 17.6 Å². The summed E-state index contributed by atoms with van der Waals surface area (Å²) in [5.74, 6) is -0.586. The van der Waals surface area contributed by atoms with Crippen LogP contribution in [0.4, 0.5) is 0 Å². The van der Waals surface area contributed by atoms with E-state index < -0.39 is 36.1 Å². The standard InChI is InChI=1S/C28H29ClN2O7/c1-17-4-8-19(9-5-17)26(32)36-16-23-22(38-27(33)20-10-6-18(2)7-11-20)14-24(37-23)31-15-21(12-13-29)25(35-3)30-28(31)34/h4-11,15,22-24H,12-14,16H2,1-3H3/t22-,23+,24-/m0/s1. The lowest BCUT2D eigenvalue weighted by Crippen LogP contribution is -2.32. The van der Waals surface area contributed by atoms with Crippen molar-refractivity contribution in [2.75, 3.05) is 19.6 Å². The van der Waals surface area contributed by atoms with Gasteiger partial charge in [0.1, 0.15) is 25.0 Å². The predicted molar refractivity (Wildman–Crippen MR) is 140 cm³/mol. The molecule has 0 radical (unpaired) electrons. The number of aryl methyl sites for hydroxylation is 3. The number of hydrogen-bond donors (Lipinski definition) is 0. The van der Waals surface area contributed by atoms with Crippen molar-refractivity contribution in [2.45, 2.75) is 45.1 Å². The van der Waals surface area contributed by atoms with Crippen molar-refractivity contribution >= 4 is 23.5 Å². The lowest BCUT2D eigenvalue weighted by atomic mass is 10.1. The van der Waals surface area contributed by atoms with Crippen LogP contribution in [0, 0.1) is 13.8 Å². The minimum atomic E-state index is -0.811. The third-order valence-electron chi connectivity index (χ3n) is 6.25. The fourth-order valence-corrected chi connectivity index (χ4v) is 4.33. The molecule has 9 nitrogen and oxygen atoms in total. The first-order valence-electron chi connectivity index (χ1n) is 12.2. The lowest BCUT2D eigenvalue weighted by molar-refractivity contribution is -0.0583. The average Bonchev–Trinajstić information content (AvgIpc) is 3.30. The molecule has 38 heavy (non-hydrogen) atoms. The van der Waals surface area contributed by atoms with Gasteiger partial charge in [-0.2, -0.15) is 4.98 Å². The summed E-state index contributed by atoms with van der Waals surface area (Å²) in [4.78, 5) is 42.3. The fourth-order valence-electron chi connectivity index (χ4n) is 4.12. The van der Waals surface area contributed by atoms with Gasteiger partial charge in [0.25, 0.3) is 0 Å². The molecule has 2 heterocycles. The number of aromatic nitrogens is 2. The Hall–Kier alpha value is -3.69. The highest BCUT2D eigenvalue weighted by Crippen LogP contribution is 2.32. The number of hydrogen-bond acceptors (Lipinski definition) is 8. The third-order valence-corrected chi connectivity index (χ3v) is 6.44. The molecule has 200 valence electrons. The minimum Gasteiger partial charge on any atom is -0.481 e. The highest BCUT2D eigenvalue weighted by Gasteiger charge is 2.40. The Morgan fingerprint density at radius 2 is 1.63 bits per heavy atom. The van der Waals surface area contributed by atoms with Crippen molar-refractivity contribution in [3.05, 3.63) is 93.0 Å². The van der Waals surface area contributed by atoms with Gasteiger partial charge in [0.05, 0.1) is 18.2 Å². The molecule has 0 aliphatic carbocycles. The van der Waals surface area contributed by atoms with Crippen molar-refractivity contribution in [3.8, 4) is 5.88 Å². The normalized spacial score (nSPS) is 18.7. The van der Waals surface area contributed by atoms with E-state index in [2.05, 4.69) is 4.98 Å². The molecule has 2 aromatic carbocycles. The van der Waals surface area contributed by atoms with Crippen molar-refractivity contribution in [2.24, 2.45) is 0 Å². The summed E-state index contributed by atoms with van der Waals surface area (Å²) in [6.07, 6.45) is -0.249. The minimum absolute atomic E-state index is 0.151. The van der Waals surface area contributed by atoms with Crippen molar-refractivity contribution in [3.63, 3.8) is 0 Å². The van der Waals surface area contributed by atoms with E-state index in [0.29, 0.717) is 29.0 Å². The summed E-state index contributed by atoms with van der Waals surface area (Å²) in [5.41, 5.74) is 2.82. The number of halogens is 1. The second-order valence-corrected chi connectivity index (χ2v) is 9.42. The first-order valence-corrected chi connectivity index (χ1v) is 12.7. The second-order valence-electron chi connectivity index (χ2n) is 9.04. The molecule has 1 saturated heterocycles. The summed E-state index contributed by atoms with van der Waals surface area (Å²) in [6, 6.07) is 13.9. The van der Waals surface area contributed by atoms with Crippen LogP contribution in [0.1, 0.15) is 50.1 Å². The molecule has 3 atom stereocenters. The lowest BCUT2D eigenvalue weighted by Gasteiger charge is -2.19. The smallest absolute Gasteiger partial charge is 0.352 e. The second kappa shape index (κ2) is 12.2. The first-order chi connectivity index (χ1) is 18.3. The summed E-state index contributed by atoms with van der Waals surface area (Å²) < 4.78 is 23.9. The number of alkyl halides is 1. The summed E-state index contributed by atoms with van der Waals surface area (Å²) in [7, 11) is 1.43. The van der Waals surface area contributed by atoms with Gasteiger partial charge in [0.2, 0.25) is 5.88 Å². The third kappa shape index (κ3) is 6.41. The Balaban J connectivity index is 1.56. The van der Waals surface area contributed by atoms with Crippen LogP contribution in [0.5, 0.6) is 5.88 Å². The summed E-state index contributed by atoms with van der Waals surface area (Å²) >= 11 is 5.91. The number of methoxy groups -OCH3 is 1. The van der Waals surface area contributed by atoms with E-state index in [1.54, 1.807) is 30.5 Å². The Labute approximate surface area is 225 Å². The van der Waals surface area contributed by atoms with Crippen LogP contribution in [0.2, 0.25) is 0 Å². The zero-order valence-electron chi connectivity index (χ0n) is 21.4. The highest BCUT2D eigenvalue weighted by molar-refractivity contribution is 6.18. The van der Waals surface area contributed by atoms with E-state index in [1.165, 1.54) is 11.7 Å². The molecule has 1 aromatic heterocycles. The van der Waals surface area contributed by atoms with E-state index in [1.807, 2.05) is 38.1 Å². The van der Waals surface area contributed by atoms with Gasteiger partial charge in [-0.15, -0.1) is 11.6 Å². The number of ether oxygens (including phenoxy) is 4. The largest absolute Gasteiger partial charge is 0.481 e. The quantitative estimate of drug-likeness (QED) is 0.296. The number of esters is 2. The number of nitrogens with zero attached hydrogens (tertiary/aromatic N) is 2. The first kappa shape index (κ1) is 27.3. The Morgan fingerprint density at radius 3 is 2.21 bits per heavy atom. The summed E-state index contributed by atoms with van der Waals surface area (Å²) in [5, 5.41) is 0. The molecule has 4 rings (SSSR count). The van der Waals surface area contributed by atoms with Gasteiger partial charge in [0, 0.05) is 24.1 Å². The molecule has 3 aromatic rings. The van der Waals surface area contributed by atoms with Gasteiger partial charge in [-0.3, -0.25) is 4.57 Å². The topological polar surface area (TPSA) is 106 Å². The Kier molecular flexibility index (Phi) is 8.81. The molecule has 10 heteroatoms. The maximum atomic E-state index is 12.9. The molecule has 1 aliphatic rings. The maximum absolute atomic E-state index is 12.9. The van der Waals surface area contributed by atoms with Crippen molar-refractivity contribution in [1.29, 1.82) is 0 Å². The molecule has 0 saturated carbocycles.